The van der Waals surface area contributed by atoms with E-state index in [4.69, 9.17) is 14.2 Å². The molecule has 0 amide bonds. The zero-order valence-electron chi connectivity index (χ0n) is 22.6. The number of carbonyl (C=O) groups excluding carboxylic acids is 2. The van der Waals surface area contributed by atoms with E-state index in [1.54, 1.807) is 59.3 Å². The normalized spacial score (nSPS) is 12.1. The Morgan fingerprint density at radius 3 is 2.17 bits per heavy atom. The van der Waals surface area contributed by atoms with Crippen LogP contribution in [0.4, 0.5) is 5.69 Å². The van der Waals surface area contributed by atoms with Gasteiger partial charge in [0.1, 0.15) is 22.9 Å². The molecule has 0 unspecified atom stereocenters. The SMILES string of the molecule is COc1ccc(-c2nc3c(n2Cc2cn(-c4ccc([N+](=O)[O-])cc4)nn2)C(=O)c2ccccc2C3=O)c(OC)c1OC. The Bertz CT molecular complexity index is 1890. The molecule has 0 fully saturated rings. The largest absolute Gasteiger partial charge is 0.493 e. The molecule has 0 N–H and O–H groups in total. The number of nitro groups is 1. The van der Waals surface area contributed by atoms with Crippen LogP contribution in [-0.4, -0.2) is 62.4 Å². The van der Waals surface area contributed by atoms with E-state index < -0.39 is 4.92 Å². The summed E-state index contributed by atoms with van der Waals surface area (Å²) in [5.74, 6) is 0.571. The summed E-state index contributed by atoms with van der Waals surface area (Å²) in [5, 5.41) is 19.5. The Kier molecular flexibility index (Phi) is 6.46. The highest BCUT2D eigenvalue weighted by molar-refractivity contribution is 6.27. The van der Waals surface area contributed by atoms with Gasteiger partial charge in [0, 0.05) is 23.3 Å². The van der Waals surface area contributed by atoms with E-state index in [0.29, 0.717) is 34.2 Å². The third-order valence-electron chi connectivity index (χ3n) is 6.95. The van der Waals surface area contributed by atoms with Gasteiger partial charge in [-0.3, -0.25) is 19.7 Å². The Hall–Kier alpha value is -5.85. The third kappa shape index (κ3) is 4.15. The number of hydrogen-bond donors (Lipinski definition) is 0. The highest BCUT2D eigenvalue weighted by Gasteiger charge is 2.37. The van der Waals surface area contributed by atoms with Gasteiger partial charge in [-0.05, 0) is 24.3 Å². The Labute approximate surface area is 238 Å². The summed E-state index contributed by atoms with van der Waals surface area (Å²) in [4.78, 5) is 42.6. The Balaban J connectivity index is 1.51. The van der Waals surface area contributed by atoms with Crippen LogP contribution in [0, 0.1) is 10.1 Å². The van der Waals surface area contributed by atoms with Crippen LogP contribution in [0.25, 0.3) is 17.1 Å². The predicted molar refractivity (Wildman–Crippen MR) is 148 cm³/mol. The van der Waals surface area contributed by atoms with Crippen molar-refractivity contribution >= 4 is 17.3 Å². The smallest absolute Gasteiger partial charge is 0.269 e. The molecular weight excluding hydrogens is 544 g/mol. The quantitative estimate of drug-likeness (QED) is 0.196. The lowest BCUT2D eigenvalue weighted by atomic mass is 9.90. The van der Waals surface area contributed by atoms with E-state index in [-0.39, 0.29) is 52.1 Å². The Morgan fingerprint density at radius 1 is 0.833 bits per heavy atom. The molecule has 0 spiro atoms. The molecule has 210 valence electrons. The minimum absolute atomic E-state index is 0.00768. The molecule has 3 aromatic carbocycles. The van der Waals surface area contributed by atoms with Crippen LogP contribution < -0.4 is 14.2 Å². The number of non-ortho nitro benzene ring substituents is 1. The first-order chi connectivity index (χ1) is 20.4. The van der Waals surface area contributed by atoms with Crippen LogP contribution in [0.3, 0.4) is 0 Å². The van der Waals surface area contributed by atoms with Crippen molar-refractivity contribution in [2.45, 2.75) is 6.54 Å². The molecule has 6 rings (SSSR count). The van der Waals surface area contributed by atoms with Crippen molar-refractivity contribution < 1.29 is 28.7 Å². The molecule has 1 aliphatic rings. The molecule has 1 aliphatic carbocycles. The van der Waals surface area contributed by atoms with Crippen molar-refractivity contribution in [2.24, 2.45) is 0 Å². The van der Waals surface area contributed by atoms with Gasteiger partial charge in [-0.1, -0.05) is 29.5 Å². The molecular formula is C29H22N6O7. The molecule has 0 saturated heterocycles. The van der Waals surface area contributed by atoms with E-state index in [1.165, 1.54) is 38.1 Å². The molecule has 0 aliphatic heterocycles. The number of hydrogen-bond acceptors (Lipinski definition) is 10. The van der Waals surface area contributed by atoms with Gasteiger partial charge in [0.15, 0.2) is 11.5 Å². The molecule has 0 saturated carbocycles. The minimum atomic E-state index is -0.487. The highest BCUT2D eigenvalue weighted by Crippen LogP contribution is 2.45. The van der Waals surface area contributed by atoms with Crippen molar-refractivity contribution in [3.05, 3.63) is 105 Å². The third-order valence-corrected chi connectivity index (χ3v) is 6.95. The van der Waals surface area contributed by atoms with Gasteiger partial charge >= 0.3 is 0 Å². The fourth-order valence-corrected chi connectivity index (χ4v) is 5.00. The van der Waals surface area contributed by atoms with E-state index in [9.17, 15) is 19.7 Å². The van der Waals surface area contributed by atoms with Gasteiger partial charge in [0.05, 0.1) is 50.2 Å². The van der Waals surface area contributed by atoms with Crippen molar-refractivity contribution in [1.29, 1.82) is 0 Å². The van der Waals surface area contributed by atoms with Crippen LogP contribution in [0.2, 0.25) is 0 Å². The van der Waals surface area contributed by atoms with Crippen molar-refractivity contribution in [1.82, 2.24) is 24.5 Å². The molecule has 13 nitrogen and oxygen atoms in total. The van der Waals surface area contributed by atoms with E-state index in [1.807, 2.05) is 0 Å². The lowest BCUT2D eigenvalue weighted by molar-refractivity contribution is -0.384. The van der Waals surface area contributed by atoms with Gasteiger partial charge in [-0.15, -0.1) is 5.10 Å². The Morgan fingerprint density at radius 2 is 1.52 bits per heavy atom. The fraction of sp³-hybridized carbons (Fsp3) is 0.138. The first-order valence-corrected chi connectivity index (χ1v) is 12.6. The van der Waals surface area contributed by atoms with Crippen LogP contribution in [0.15, 0.2) is 66.9 Å². The van der Waals surface area contributed by atoms with Crippen LogP contribution in [0.5, 0.6) is 17.2 Å². The summed E-state index contributed by atoms with van der Waals surface area (Å²) >= 11 is 0. The summed E-state index contributed by atoms with van der Waals surface area (Å²) in [6, 6.07) is 15.8. The van der Waals surface area contributed by atoms with Gasteiger partial charge in [-0.25, -0.2) is 9.67 Å². The van der Waals surface area contributed by atoms with Crippen molar-refractivity contribution in [3.8, 4) is 34.3 Å². The molecule has 5 aromatic rings. The zero-order valence-corrected chi connectivity index (χ0v) is 22.6. The summed E-state index contributed by atoms with van der Waals surface area (Å²) in [6.45, 7) is 0.0172. The van der Waals surface area contributed by atoms with Crippen molar-refractivity contribution in [3.63, 3.8) is 0 Å². The number of imidazole rings is 1. The van der Waals surface area contributed by atoms with Crippen LogP contribution >= 0.6 is 0 Å². The summed E-state index contributed by atoms with van der Waals surface area (Å²) in [7, 11) is 4.44. The molecule has 0 radical (unpaired) electrons. The first kappa shape index (κ1) is 26.4. The number of nitrogens with zero attached hydrogens (tertiary/aromatic N) is 6. The topological polar surface area (TPSA) is 153 Å². The van der Waals surface area contributed by atoms with Gasteiger partial charge in [0.2, 0.25) is 17.3 Å². The molecule has 0 atom stereocenters. The van der Waals surface area contributed by atoms with Gasteiger partial charge in [0.25, 0.3) is 5.69 Å². The molecule has 0 bridgehead atoms. The summed E-state index contributed by atoms with van der Waals surface area (Å²) in [6.07, 6.45) is 1.63. The predicted octanol–water partition coefficient (Wildman–Crippen LogP) is 3.89. The lowest BCUT2D eigenvalue weighted by Gasteiger charge is -2.18. The second-order valence-electron chi connectivity index (χ2n) is 9.23. The van der Waals surface area contributed by atoms with E-state index in [0.717, 1.165) is 0 Å². The minimum Gasteiger partial charge on any atom is -0.493 e. The van der Waals surface area contributed by atoms with Crippen LogP contribution in [0.1, 0.15) is 37.8 Å². The van der Waals surface area contributed by atoms with Gasteiger partial charge < -0.3 is 18.8 Å². The highest BCUT2D eigenvalue weighted by atomic mass is 16.6. The molecule has 2 heterocycles. The number of methoxy groups -OCH3 is 3. The maximum atomic E-state index is 13.8. The van der Waals surface area contributed by atoms with E-state index in [2.05, 4.69) is 15.3 Å². The number of ketones is 2. The molecule has 2 aromatic heterocycles. The number of carbonyl (C=O) groups is 2. The number of nitro benzene ring substituents is 1. The van der Waals surface area contributed by atoms with Crippen molar-refractivity contribution in [2.75, 3.05) is 21.3 Å². The number of fused-ring (bicyclic) bond motifs is 2. The zero-order chi connectivity index (χ0) is 29.5. The second kappa shape index (κ2) is 10.3. The standard InChI is InChI=1S/C29H22N6O7/c1-40-22-13-12-21(27(41-2)28(22)42-3)29-30-23-24(26(37)20-7-5-4-6-19(20)25(23)36)33(29)14-16-15-34(32-31-16)17-8-10-18(11-9-17)35(38)39/h4-13,15H,14H2,1-3H3. The summed E-state index contributed by atoms with van der Waals surface area (Å²) in [5.41, 5.74) is 2.05. The fourth-order valence-electron chi connectivity index (χ4n) is 5.00. The van der Waals surface area contributed by atoms with Gasteiger partial charge in [-0.2, -0.15) is 0 Å². The van der Waals surface area contributed by atoms with E-state index >= 15 is 0 Å². The molecule has 13 heteroatoms. The first-order valence-electron chi connectivity index (χ1n) is 12.6. The number of ether oxygens (including phenoxy) is 3. The average Bonchev–Trinajstić information content (AvgIpc) is 3.64. The number of rotatable bonds is 8. The average molecular weight is 567 g/mol. The lowest BCUT2D eigenvalue weighted by Crippen LogP contribution is -2.23. The van der Waals surface area contributed by atoms with Crippen LogP contribution in [-0.2, 0) is 6.54 Å². The second-order valence-corrected chi connectivity index (χ2v) is 9.23. The number of aromatic nitrogens is 5. The molecule has 42 heavy (non-hydrogen) atoms. The monoisotopic (exact) mass is 566 g/mol. The maximum Gasteiger partial charge on any atom is 0.269 e. The maximum absolute atomic E-state index is 13.8. The summed E-state index contributed by atoms with van der Waals surface area (Å²) < 4.78 is 19.7. The number of benzene rings is 3.